The first-order valence-electron chi connectivity index (χ1n) is 10.1. The Morgan fingerprint density at radius 1 is 1.11 bits per heavy atom. The van der Waals surface area contributed by atoms with Crippen molar-refractivity contribution >= 4 is 18.9 Å². The van der Waals surface area contributed by atoms with Crippen LogP contribution in [0.25, 0.3) is 0 Å². The average molecular weight is 389 g/mol. The highest BCUT2D eigenvalue weighted by molar-refractivity contribution is 6.43. The number of nitrogens with two attached hydrogens (primary N) is 1. The molecule has 3 atom stereocenters. The van der Waals surface area contributed by atoms with Gasteiger partial charge in [0.05, 0.1) is 12.0 Å². The summed E-state index contributed by atoms with van der Waals surface area (Å²) >= 11 is 0. The fourth-order valence-electron chi connectivity index (χ4n) is 3.68. The molecule has 1 aromatic carbocycles. The van der Waals surface area contributed by atoms with E-state index in [0.29, 0.717) is 12.3 Å². The molecule has 2 rings (SSSR count). The molecule has 1 aliphatic rings. The molecule has 0 aliphatic heterocycles. The van der Waals surface area contributed by atoms with Gasteiger partial charge in [0.15, 0.2) is 0 Å². The summed E-state index contributed by atoms with van der Waals surface area (Å²) < 4.78 is 0. The van der Waals surface area contributed by atoms with Crippen LogP contribution in [0.3, 0.4) is 0 Å². The van der Waals surface area contributed by atoms with Crippen molar-refractivity contribution in [3.63, 3.8) is 0 Å². The van der Waals surface area contributed by atoms with Gasteiger partial charge in [-0.15, -0.1) is 0 Å². The second-order valence-corrected chi connectivity index (χ2v) is 7.79. The van der Waals surface area contributed by atoms with Crippen LogP contribution >= 0.6 is 0 Å². The number of carbonyl (C=O) groups is 2. The van der Waals surface area contributed by atoms with Gasteiger partial charge < -0.3 is 26.4 Å². The predicted molar refractivity (Wildman–Crippen MR) is 109 cm³/mol. The molecule has 1 fully saturated rings. The van der Waals surface area contributed by atoms with Crippen LogP contribution in [-0.2, 0) is 16.0 Å². The van der Waals surface area contributed by atoms with Gasteiger partial charge in [-0.1, -0.05) is 62.4 Å². The van der Waals surface area contributed by atoms with Crippen LogP contribution in [0.15, 0.2) is 30.3 Å². The maximum absolute atomic E-state index is 12.4. The molecule has 8 heteroatoms. The van der Waals surface area contributed by atoms with E-state index in [1.165, 1.54) is 19.3 Å². The minimum Gasteiger partial charge on any atom is -0.426 e. The highest BCUT2D eigenvalue weighted by Gasteiger charge is 2.29. The molecule has 1 saturated carbocycles. The third-order valence-corrected chi connectivity index (χ3v) is 5.39. The van der Waals surface area contributed by atoms with Crippen LogP contribution in [0.5, 0.6) is 0 Å². The molecule has 0 unspecified atom stereocenters. The van der Waals surface area contributed by atoms with E-state index in [1.807, 2.05) is 30.3 Å². The van der Waals surface area contributed by atoms with Crippen molar-refractivity contribution < 1.29 is 19.6 Å². The summed E-state index contributed by atoms with van der Waals surface area (Å²) in [6.45, 7) is 1.56. The second-order valence-electron chi connectivity index (χ2n) is 7.79. The lowest BCUT2D eigenvalue weighted by Crippen LogP contribution is -2.55. The van der Waals surface area contributed by atoms with Crippen LogP contribution in [0.1, 0.15) is 51.0 Å². The Bertz CT molecular complexity index is 623. The molecule has 154 valence electrons. The van der Waals surface area contributed by atoms with Crippen LogP contribution < -0.4 is 16.4 Å². The van der Waals surface area contributed by atoms with Gasteiger partial charge >= 0.3 is 7.12 Å². The number of carbonyl (C=O) groups excluding carboxylic acids is 2. The standard InChI is InChI=1S/C20H32BN3O4/c1-14(23-20(26)17(22)12-15-8-4-2-5-9-15)19(25)24-18(21(27)28)13-16-10-6-3-7-11-16/h3,6-7,10-11,14-15,17-18,27-28H,2,4-5,8-9,12-13,22H2,1H3,(H,23,26)(H,24,25)/t14-,17+,18-/m0/s1. The smallest absolute Gasteiger partial charge is 0.426 e. The Kier molecular flexibility index (Phi) is 8.95. The molecule has 0 saturated heterocycles. The topological polar surface area (TPSA) is 125 Å². The number of amides is 2. The normalized spacial score (nSPS) is 18.0. The largest absolute Gasteiger partial charge is 0.475 e. The first-order chi connectivity index (χ1) is 13.4. The summed E-state index contributed by atoms with van der Waals surface area (Å²) in [5, 5.41) is 24.4. The fourth-order valence-corrected chi connectivity index (χ4v) is 3.68. The van der Waals surface area contributed by atoms with E-state index < -0.39 is 31.1 Å². The van der Waals surface area contributed by atoms with Gasteiger partial charge in [0.2, 0.25) is 11.8 Å². The van der Waals surface area contributed by atoms with E-state index in [4.69, 9.17) is 5.73 Å². The van der Waals surface area contributed by atoms with Crippen molar-refractivity contribution in [1.82, 2.24) is 10.6 Å². The zero-order chi connectivity index (χ0) is 20.5. The fraction of sp³-hybridized carbons (Fsp3) is 0.600. The van der Waals surface area contributed by atoms with Crippen molar-refractivity contribution in [2.75, 3.05) is 0 Å². The molecule has 0 heterocycles. The molecule has 0 bridgehead atoms. The number of benzene rings is 1. The third-order valence-electron chi connectivity index (χ3n) is 5.39. The first kappa shape index (κ1) is 22.4. The Labute approximate surface area is 167 Å². The van der Waals surface area contributed by atoms with Crippen molar-refractivity contribution in [2.45, 2.75) is 69.9 Å². The SMILES string of the molecule is C[C@H](NC(=O)[C@H](N)CC1CCCCC1)C(=O)N[C@@H](Cc1ccccc1)B(O)O. The highest BCUT2D eigenvalue weighted by atomic mass is 16.4. The van der Waals surface area contributed by atoms with Crippen molar-refractivity contribution in [3.05, 3.63) is 35.9 Å². The van der Waals surface area contributed by atoms with Gasteiger partial charge in [-0.25, -0.2) is 0 Å². The third kappa shape index (κ3) is 7.26. The molecule has 0 spiro atoms. The Morgan fingerprint density at radius 3 is 2.36 bits per heavy atom. The minimum atomic E-state index is -1.71. The van der Waals surface area contributed by atoms with E-state index in [-0.39, 0.29) is 12.3 Å². The second kappa shape index (κ2) is 11.2. The van der Waals surface area contributed by atoms with E-state index in [0.717, 1.165) is 18.4 Å². The van der Waals surface area contributed by atoms with Gasteiger partial charge in [0, 0.05) is 0 Å². The van der Waals surface area contributed by atoms with Crippen LogP contribution in [0, 0.1) is 5.92 Å². The molecule has 2 amide bonds. The van der Waals surface area contributed by atoms with Gasteiger partial charge in [-0.3, -0.25) is 9.59 Å². The summed E-state index contributed by atoms with van der Waals surface area (Å²) in [5.41, 5.74) is 6.89. The number of hydrogen-bond donors (Lipinski definition) is 5. The molecule has 0 aromatic heterocycles. The van der Waals surface area contributed by atoms with Gasteiger partial charge in [0.1, 0.15) is 6.04 Å². The summed E-state index contributed by atoms with van der Waals surface area (Å²) in [4.78, 5) is 24.7. The molecule has 6 N–H and O–H groups in total. The first-order valence-corrected chi connectivity index (χ1v) is 10.1. The number of rotatable bonds is 9. The van der Waals surface area contributed by atoms with Crippen molar-refractivity contribution in [2.24, 2.45) is 11.7 Å². The lowest BCUT2D eigenvalue weighted by Gasteiger charge is -2.25. The summed E-state index contributed by atoms with van der Waals surface area (Å²) in [7, 11) is -1.71. The van der Waals surface area contributed by atoms with E-state index in [9.17, 15) is 19.6 Å². The molecular weight excluding hydrogens is 357 g/mol. The van der Waals surface area contributed by atoms with E-state index in [2.05, 4.69) is 10.6 Å². The molecule has 1 aromatic rings. The maximum Gasteiger partial charge on any atom is 0.475 e. The lowest BCUT2D eigenvalue weighted by atomic mass is 9.76. The Balaban J connectivity index is 1.83. The molecular formula is C20H32BN3O4. The molecule has 1 aliphatic carbocycles. The van der Waals surface area contributed by atoms with Crippen molar-refractivity contribution in [3.8, 4) is 0 Å². The van der Waals surface area contributed by atoms with Gasteiger partial charge in [-0.2, -0.15) is 0 Å². The summed E-state index contributed by atoms with van der Waals surface area (Å²) in [6, 6.07) is 7.78. The van der Waals surface area contributed by atoms with E-state index in [1.54, 1.807) is 6.92 Å². The van der Waals surface area contributed by atoms with Crippen LogP contribution in [-0.4, -0.2) is 47.0 Å². The Morgan fingerprint density at radius 2 is 1.75 bits per heavy atom. The maximum atomic E-state index is 12.4. The van der Waals surface area contributed by atoms with Gasteiger partial charge in [0.25, 0.3) is 0 Å². The number of nitrogens with one attached hydrogen (secondary N) is 2. The zero-order valence-electron chi connectivity index (χ0n) is 16.5. The molecule has 28 heavy (non-hydrogen) atoms. The summed E-state index contributed by atoms with van der Waals surface area (Å²) in [5.74, 6) is -1.23. The van der Waals surface area contributed by atoms with Crippen LogP contribution in [0.2, 0.25) is 0 Å². The Hall–Kier alpha value is -1.90. The molecule has 7 nitrogen and oxygen atoms in total. The van der Waals surface area contributed by atoms with Crippen molar-refractivity contribution in [1.29, 1.82) is 0 Å². The quantitative estimate of drug-likeness (QED) is 0.394. The zero-order valence-corrected chi connectivity index (χ0v) is 16.5. The van der Waals surface area contributed by atoms with Gasteiger partial charge in [-0.05, 0) is 31.2 Å². The monoisotopic (exact) mass is 389 g/mol. The highest BCUT2D eigenvalue weighted by Crippen LogP contribution is 2.26. The van der Waals surface area contributed by atoms with E-state index >= 15 is 0 Å². The number of hydrogen-bond acceptors (Lipinski definition) is 5. The predicted octanol–water partition coefficient (Wildman–Crippen LogP) is 0.528. The average Bonchev–Trinajstić information content (AvgIpc) is 2.68. The van der Waals surface area contributed by atoms with Crippen LogP contribution in [0.4, 0.5) is 0 Å². The summed E-state index contributed by atoms with van der Waals surface area (Å²) in [6.07, 6.45) is 6.72. The lowest BCUT2D eigenvalue weighted by molar-refractivity contribution is -0.129. The molecule has 0 radical (unpaired) electrons. The minimum absolute atomic E-state index is 0.270.